The number of aromatic nitrogens is 2. The van der Waals surface area contributed by atoms with Gasteiger partial charge in [0, 0.05) is 40.8 Å². The highest BCUT2D eigenvalue weighted by molar-refractivity contribution is 5.90. The van der Waals surface area contributed by atoms with Crippen molar-refractivity contribution in [3.05, 3.63) is 214 Å². The van der Waals surface area contributed by atoms with Crippen LogP contribution >= 0.6 is 0 Å². The van der Waals surface area contributed by atoms with Crippen LogP contribution in [0.4, 0.5) is 0 Å². The van der Waals surface area contributed by atoms with Crippen LogP contribution in [-0.4, -0.2) is 20.9 Å². The van der Waals surface area contributed by atoms with E-state index in [9.17, 15) is 9.90 Å². The minimum atomic E-state index is -0.00723. The normalized spacial score (nSPS) is 15.5. The lowest BCUT2D eigenvalue weighted by atomic mass is 9.96. The number of aliphatic hydroxyl groups excluding tert-OH is 1. The Morgan fingerprint density at radius 3 is 1.25 bits per heavy atom. The van der Waals surface area contributed by atoms with Crippen LogP contribution in [0.3, 0.4) is 0 Å². The maximum Gasteiger partial charge on any atom is 0.159 e. The maximum absolute atomic E-state index is 12.8. The molecule has 0 fully saturated rings. The Balaban J connectivity index is 0.884. The first-order chi connectivity index (χ1) is 33.0. The van der Waals surface area contributed by atoms with Crippen molar-refractivity contribution in [1.82, 2.24) is 9.97 Å². The molecule has 3 aliphatic rings. The molecule has 2 heterocycles. The minimum Gasteiger partial charge on any atom is -0.512 e. The molecule has 12 bridgehead atoms. The first kappa shape index (κ1) is 45.5. The highest BCUT2D eigenvalue weighted by atomic mass is 16.3. The number of fused-ring (bicyclic) bond motifs is 4. The second-order valence-corrected chi connectivity index (χ2v) is 18.8. The van der Waals surface area contributed by atoms with E-state index in [0.29, 0.717) is 12.8 Å². The van der Waals surface area contributed by atoms with Gasteiger partial charge in [-0.05, 0) is 158 Å². The average Bonchev–Trinajstić information content (AvgIpc) is 3.36. The molecule has 6 aromatic carbocycles. The number of pyridine rings is 2. The first-order valence-electron chi connectivity index (χ1n) is 25.0. The molecule has 4 heteroatoms. The number of hydrogen-bond donors (Lipinski definition) is 1. The zero-order valence-electron chi connectivity index (χ0n) is 39.1. The minimum absolute atomic E-state index is 0.00723. The molecule has 0 amide bonds. The Kier molecular flexibility index (Phi) is 15.4. The van der Waals surface area contributed by atoms with E-state index in [2.05, 4.69) is 158 Å². The summed E-state index contributed by atoms with van der Waals surface area (Å²) in [5.74, 6) is 0.173. The molecule has 0 atom stereocenters. The van der Waals surface area contributed by atoms with Gasteiger partial charge in [-0.1, -0.05) is 147 Å². The quantitative estimate of drug-likeness (QED) is 0.165. The number of ketones is 1. The lowest BCUT2D eigenvalue weighted by molar-refractivity contribution is -0.114. The van der Waals surface area contributed by atoms with Crippen LogP contribution in [0.5, 0.6) is 0 Å². The molecule has 0 radical (unpaired) electrons. The van der Waals surface area contributed by atoms with Crippen molar-refractivity contribution in [1.29, 1.82) is 0 Å². The van der Waals surface area contributed by atoms with Crippen molar-refractivity contribution in [2.75, 3.05) is 0 Å². The van der Waals surface area contributed by atoms with Gasteiger partial charge in [-0.15, -0.1) is 0 Å². The van der Waals surface area contributed by atoms with E-state index in [1.807, 2.05) is 0 Å². The van der Waals surface area contributed by atoms with Crippen LogP contribution < -0.4 is 0 Å². The monoisotopic (exact) mass is 880 g/mol. The summed E-state index contributed by atoms with van der Waals surface area (Å²) in [5, 5.41) is 13.1. The number of para-hydroxylation sites is 2. The van der Waals surface area contributed by atoms with Gasteiger partial charge in [-0.25, -0.2) is 9.97 Å². The summed E-state index contributed by atoms with van der Waals surface area (Å²) >= 11 is 0. The largest absolute Gasteiger partial charge is 0.512 e. The summed E-state index contributed by atoms with van der Waals surface area (Å²) in [7, 11) is 0. The van der Waals surface area contributed by atoms with Crippen molar-refractivity contribution in [2.45, 2.75) is 116 Å². The maximum atomic E-state index is 12.8. The van der Waals surface area contributed by atoms with E-state index in [1.54, 1.807) is 0 Å². The van der Waals surface area contributed by atoms with E-state index < -0.39 is 0 Å². The van der Waals surface area contributed by atoms with Crippen molar-refractivity contribution in [3.63, 3.8) is 0 Å². The second kappa shape index (κ2) is 22.7. The lowest BCUT2D eigenvalue weighted by Gasteiger charge is -2.12. The van der Waals surface area contributed by atoms with Crippen LogP contribution in [0, 0.1) is 0 Å². The molecule has 0 saturated heterocycles. The topological polar surface area (TPSA) is 63.1 Å². The summed E-state index contributed by atoms with van der Waals surface area (Å²) in [4.78, 5) is 23.1. The number of carbonyl (C=O) groups excluding carboxylic acids is 1. The molecule has 338 valence electrons. The number of aryl methyl sites for hydroxylation is 8. The molecule has 3 aliphatic carbocycles. The van der Waals surface area contributed by atoms with Gasteiger partial charge in [-0.2, -0.15) is 0 Å². The van der Waals surface area contributed by atoms with E-state index in [4.69, 9.17) is 9.97 Å². The Bertz CT molecular complexity index is 2950. The molecule has 2 aromatic heterocycles. The number of allylic oxidation sites excluding steroid dienone is 2. The van der Waals surface area contributed by atoms with Crippen molar-refractivity contribution in [3.8, 4) is 22.5 Å². The predicted molar refractivity (Wildman–Crippen MR) is 279 cm³/mol. The zero-order chi connectivity index (χ0) is 45.6. The van der Waals surface area contributed by atoms with Gasteiger partial charge in [0.2, 0.25) is 0 Å². The highest BCUT2D eigenvalue weighted by Gasteiger charge is 2.12. The Morgan fingerprint density at radius 2 is 0.761 bits per heavy atom. The van der Waals surface area contributed by atoms with E-state index >= 15 is 0 Å². The summed E-state index contributed by atoms with van der Waals surface area (Å²) < 4.78 is 0. The van der Waals surface area contributed by atoms with E-state index in [-0.39, 0.29) is 11.5 Å². The summed E-state index contributed by atoms with van der Waals surface area (Å²) in [6.45, 7) is 0. The summed E-state index contributed by atoms with van der Waals surface area (Å²) in [6.07, 6.45) is 19.0. The molecule has 11 rings (SSSR count). The average molecular weight is 881 g/mol. The number of rotatable bonds is 0. The first-order valence-corrected chi connectivity index (χ1v) is 25.0. The summed E-state index contributed by atoms with van der Waals surface area (Å²) in [5.41, 5.74) is 17.1. The number of nitrogens with zero attached hydrogens (tertiary/aromatic N) is 2. The molecule has 0 saturated carbocycles. The predicted octanol–water partition coefficient (Wildman–Crippen LogP) is 15.5. The molecule has 8 aromatic rings. The fourth-order valence-corrected chi connectivity index (χ4v) is 9.92. The van der Waals surface area contributed by atoms with Gasteiger partial charge in [-0.3, -0.25) is 4.79 Å². The third kappa shape index (κ3) is 12.6. The van der Waals surface area contributed by atoms with Gasteiger partial charge in [0.05, 0.1) is 28.2 Å². The molecule has 0 aliphatic heterocycles. The molecular formula is C63H64N2O2. The number of benzene rings is 6. The molecule has 4 nitrogen and oxygen atoms in total. The van der Waals surface area contributed by atoms with Crippen molar-refractivity contribution >= 4 is 27.6 Å². The second-order valence-electron chi connectivity index (χ2n) is 18.8. The number of carbonyl (C=O) groups is 1. The lowest BCUT2D eigenvalue weighted by Crippen LogP contribution is -1.99. The van der Waals surface area contributed by atoms with Gasteiger partial charge in [0.25, 0.3) is 0 Å². The fraction of sp³-hybridized carbons (Fsp3) is 0.286. The van der Waals surface area contributed by atoms with Crippen molar-refractivity contribution in [2.24, 2.45) is 0 Å². The van der Waals surface area contributed by atoms with Gasteiger partial charge < -0.3 is 5.11 Å². The fourth-order valence-electron chi connectivity index (χ4n) is 9.92. The van der Waals surface area contributed by atoms with Crippen molar-refractivity contribution < 1.29 is 9.90 Å². The molecule has 67 heavy (non-hydrogen) atoms. The van der Waals surface area contributed by atoms with E-state index in [1.165, 1.54) is 111 Å². The van der Waals surface area contributed by atoms with Crippen LogP contribution in [-0.2, 0) is 56.2 Å². The Morgan fingerprint density at radius 1 is 0.343 bits per heavy atom. The molecule has 0 unspecified atom stereocenters. The smallest absolute Gasteiger partial charge is 0.159 e. The van der Waals surface area contributed by atoms with E-state index in [0.717, 1.165) is 86.6 Å². The highest BCUT2D eigenvalue weighted by Crippen LogP contribution is 2.29. The third-order valence-electron chi connectivity index (χ3n) is 13.8. The molecule has 1 N–H and O–H groups in total. The Labute approximate surface area is 397 Å². The SMILES string of the molecule is O=C1C=C(O)CCCc2ccc(cc2)CCc2cc(nc3ccccc23)-c2cccc(c2)CCCCCCCCc2cccc(c2)-c2cc(c3ccccc3n2)CCc2ccc(cc2)CCC1. The van der Waals surface area contributed by atoms with Crippen LogP contribution in [0.25, 0.3) is 44.3 Å². The molecular weight excluding hydrogens is 817 g/mol. The third-order valence-corrected chi connectivity index (χ3v) is 13.8. The standard InChI is InChI=1S/C63H64N2O2/c66-56-23-13-17-46-29-33-48(34-30-46)37-39-52-43-62(64-60-27-9-7-25-58(52)60)54-21-11-19-50(41-54)15-5-3-1-2-4-6-16-51-20-12-22-55(42-51)63-44-53(59-26-8-10-28-61(59)65-63)40-38-49-35-31-47(32-36-49)18-14-24-57(67)45-56/h7-12,19-22,25-36,41-45,66H,1-6,13-18,23-24,37-40H2. The number of hydrogen-bond acceptors (Lipinski definition) is 4. The van der Waals surface area contributed by atoms with Crippen LogP contribution in [0.2, 0.25) is 0 Å². The Hall–Kier alpha value is -6.65. The van der Waals surface area contributed by atoms with Crippen LogP contribution in [0.1, 0.15) is 109 Å². The zero-order valence-corrected chi connectivity index (χ0v) is 39.1. The summed E-state index contributed by atoms with van der Waals surface area (Å²) in [6, 6.07) is 57.6. The van der Waals surface area contributed by atoms with Gasteiger partial charge >= 0.3 is 0 Å². The molecule has 0 spiro atoms. The number of aliphatic hydroxyl groups is 1. The van der Waals surface area contributed by atoms with Crippen LogP contribution in [0.15, 0.2) is 170 Å². The van der Waals surface area contributed by atoms with Gasteiger partial charge in [0.15, 0.2) is 5.78 Å². The van der Waals surface area contributed by atoms with Gasteiger partial charge in [0.1, 0.15) is 0 Å².